The quantitative estimate of drug-likeness (QED) is 0.732. The van der Waals surface area contributed by atoms with Gasteiger partial charge in [0.15, 0.2) is 11.6 Å². The average Bonchev–Trinajstić information content (AvgIpc) is 3.05. The lowest BCUT2D eigenvalue weighted by Gasteiger charge is -2.06. The fourth-order valence-corrected chi connectivity index (χ4v) is 0.960. The number of hydrazine groups is 1. The van der Waals surface area contributed by atoms with Crippen LogP contribution in [0.15, 0.2) is 18.0 Å². The molecule has 2 N–H and O–H groups in total. The molecule has 0 aromatic carbocycles. The van der Waals surface area contributed by atoms with Crippen LogP contribution in [0.3, 0.4) is 0 Å². The van der Waals surface area contributed by atoms with Crippen molar-refractivity contribution in [3.63, 3.8) is 0 Å². The highest BCUT2D eigenvalue weighted by Gasteiger charge is 2.10. The van der Waals surface area contributed by atoms with E-state index in [1.807, 2.05) is 0 Å². The molecular formula is C9H11FN4O. The highest BCUT2D eigenvalue weighted by atomic mass is 19.1. The second-order valence-electron chi connectivity index (χ2n) is 3.13. The number of nitrogens with zero attached hydrogens (tertiary/aromatic N) is 2. The summed E-state index contributed by atoms with van der Waals surface area (Å²) in [6.07, 6.45) is 5.06. The van der Waals surface area contributed by atoms with Crippen LogP contribution in [0.1, 0.15) is 12.8 Å². The van der Waals surface area contributed by atoms with Gasteiger partial charge in [-0.2, -0.15) is 4.98 Å². The Morgan fingerprint density at radius 2 is 2.33 bits per heavy atom. The Kier molecular flexibility index (Phi) is 2.66. The summed E-state index contributed by atoms with van der Waals surface area (Å²) in [4.78, 5) is 7.42. The standard InChI is InChI=1S/C9H11FN4O/c1-15-9-11-5-7(10)8(13-9)14-12-4-6-2-3-6/h4-5,12H,2-3H2,1H3,(H,11,13,14). The molecule has 1 fully saturated rings. The van der Waals surface area contributed by atoms with Crippen LogP contribution in [-0.2, 0) is 0 Å². The van der Waals surface area contributed by atoms with Gasteiger partial charge in [-0.1, -0.05) is 5.57 Å². The summed E-state index contributed by atoms with van der Waals surface area (Å²) in [6, 6.07) is 0.125. The van der Waals surface area contributed by atoms with Crippen molar-refractivity contribution in [2.45, 2.75) is 12.8 Å². The number of hydrogen-bond acceptors (Lipinski definition) is 5. The Labute approximate surface area is 86.3 Å². The molecule has 1 saturated carbocycles. The highest BCUT2D eigenvalue weighted by Crippen LogP contribution is 2.26. The topological polar surface area (TPSA) is 59.1 Å². The van der Waals surface area contributed by atoms with E-state index in [0.717, 1.165) is 19.0 Å². The molecule has 0 atom stereocenters. The Balaban J connectivity index is 2.01. The minimum atomic E-state index is -0.530. The first-order chi connectivity index (χ1) is 7.29. The SMILES string of the molecule is COc1ncc(F)c(NNC=C2CC2)n1. The predicted octanol–water partition coefficient (Wildman–Crippen LogP) is 1.22. The maximum Gasteiger partial charge on any atom is 0.318 e. The normalized spacial score (nSPS) is 13.3. The van der Waals surface area contributed by atoms with E-state index in [9.17, 15) is 4.39 Å². The van der Waals surface area contributed by atoms with Gasteiger partial charge in [0, 0.05) is 6.20 Å². The lowest BCUT2D eigenvalue weighted by Crippen LogP contribution is -2.17. The van der Waals surface area contributed by atoms with E-state index in [1.165, 1.54) is 12.7 Å². The first-order valence-electron chi connectivity index (χ1n) is 4.55. The molecule has 15 heavy (non-hydrogen) atoms. The van der Waals surface area contributed by atoms with Gasteiger partial charge in [0.05, 0.1) is 13.3 Å². The van der Waals surface area contributed by atoms with E-state index in [2.05, 4.69) is 20.8 Å². The van der Waals surface area contributed by atoms with Crippen LogP contribution in [0.2, 0.25) is 0 Å². The summed E-state index contributed by atoms with van der Waals surface area (Å²) >= 11 is 0. The van der Waals surface area contributed by atoms with Crippen molar-refractivity contribution in [3.05, 3.63) is 23.8 Å². The zero-order valence-corrected chi connectivity index (χ0v) is 8.25. The van der Waals surface area contributed by atoms with Crippen LogP contribution in [0.5, 0.6) is 6.01 Å². The van der Waals surface area contributed by atoms with Crippen LogP contribution in [0.25, 0.3) is 0 Å². The number of anilines is 1. The molecule has 0 bridgehead atoms. The number of allylic oxidation sites excluding steroid dienone is 1. The monoisotopic (exact) mass is 210 g/mol. The number of aromatic nitrogens is 2. The van der Waals surface area contributed by atoms with E-state index >= 15 is 0 Å². The van der Waals surface area contributed by atoms with Gasteiger partial charge in [0.1, 0.15) is 0 Å². The maximum atomic E-state index is 13.1. The molecule has 1 aromatic heterocycles. The first-order valence-corrected chi connectivity index (χ1v) is 4.55. The number of hydrogen-bond donors (Lipinski definition) is 2. The van der Waals surface area contributed by atoms with Gasteiger partial charge in [0.25, 0.3) is 0 Å². The van der Waals surface area contributed by atoms with Crippen LogP contribution in [0, 0.1) is 5.82 Å². The number of rotatable bonds is 4. The third-order valence-corrected chi connectivity index (χ3v) is 1.91. The van der Waals surface area contributed by atoms with Crippen molar-refractivity contribution in [1.82, 2.24) is 15.4 Å². The Bertz CT molecular complexity index is 388. The lowest BCUT2D eigenvalue weighted by atomic mass is 10.5. The molecular weight excluding hydrogens is 199 g/mol. The lowest BCUT2D eigenvalue weighted by molar-refractivity contribution is 0.377. The minimum absolute atomic E-state index is 0.0688. The number of methoxy groups -OCH3 is 1. The Morgan fingerprint density at radius 3 is 3.00 bits per heavy atom. The van der Waals surface area contributed by atoms with Gasteiger partial charge in [-0.25, -0.2) is 9.37 Å². The van der Waals surface area contributed by atoms with Crippen LogP contribution >= 0.6 is 0 Å². The van der Waals surface area contributed by atoms with E-state index in [4.69, 9.17) is 4.74 Å². The van der Waals surface area contributed by atoms with Gasteiger partial charge >= 0.3 is 6.01 Å². The van der Waals surface area contributed by atoms with E-state index in [-0.39, 0.29) is 11.8 Å². The molecule has 6 heteroatoms. The number of halogens is 1. The third kappa shape index (κ3) is 2.55. The summed E-state index contributed by atoms with van der Waals surface area (Å²) in [5, 5.41) is 0. The molecule has 0 spiro atoms. The molecule has 1 aromatic rings. The molecule has 0 saturated heterocycles. The second-order valence-corrected chi connectivity index (χ2v) is 3.13. The van der Waals surface area contributed by atoms with Crippen LogP contribution in [0.4, 0.5) is 10.2 Å². The van der Waals surface area contributed by atoms with Crippen LogP contribution < -0.4 is 15.6 Å². The minimum Gasteiger partial charge on any atom is -0.467 e. The van der Waals surface area contributed by atoms with Gasteiger partial charge in [-0.3, -0.25) is 5.43 Å². The molecule has 5 nitrogen and oxygen atoms in total. The largest absolute Gasteiger partial charge is 0.467 e. The smallest absolute Gasteiger partial charge is 0.318 e. The van der Waals surface area contributed by atoms with Gasteiger partial charge in [-0.05, 0) is 12.8 Å². The third-order valence-electron chi connectivity index (χ3n) is 1.91. The van der Waals surface area contributed by atoms with Crippen molar-refractivity contribution in [2.75, 3.05) is 12.5 Å². The summed E-state index contributed by atoms with van der Waals surface area (Å²) in [5.74, 6) is -0.461. The van der Waals surface area contributed by atoms with Crippen molar-refractivity contribution < 1.29 is 9.13 Å². The van der Waals surface area contributed by atoms with E-state index < -0.39 is 5.82 Å². The van der Waals surface area contributed by atoms with Crippen molar-refractivity contribution in [1.29, 1.82) is 0 Å². The Hall–Kier alpha value is -1.85. The number of ether oxygens (including phenoxy) is 1. The molecule has 0 unspecified atom stereocenters. The molecule has 1 aliphatic rings. The van der Waals surface area contributed by atoms with E-state index in [0.29, 0.717) is 0 Å². The van der Waals surface area contributed by atoms with Crippen LogP contribution in [-0.4, -0.2) is 17.1 Å². The van der Waals surface area contributed by atoms with Crippen molar-refractivity contribution in [3.8, 4) is 6.01 Å². The summed E-state index contributed by atoms with van der Waals surface area (Å²) in [7, 11) is 1.43. The Morgan fingerprint density at radius 1 is 1.53 bits per heavy atom. The zero-order chi connectivity index (χ0) is 10.7. The highest BCUT2D eigenvalue weighted by molar-refractivity contribution is 5.35. The van der Waals surface area contributed by atoms with Gasteiger partial charge in [0.2, 0.25) is 0 Å². The molecule has 0 aliphatic heterocycles. The van der Waals surface area contributed by atoms with E-state index in [1.54, 1.807) is 6.20 Å². The predicted molar refractivity (Wildman–Crippen MR) is 52.6 cm³/mol. The molecule has 0 amide bonds. The second kappa shape index (κ2) is 4.12. The molecule has 80 valence electrons. The number of nitrogens with one attached hydrogen (secondary N) is 2. The van der Waals surface area contributed by atoms with Crippen molar-refractivity contribution >= 4 is 5.82 Å². The average molecular weight is 210 g/mol. The van der Waals surface area contributed by atoms with Crippen molar-refractivity contribution in [2.24, 2.45) is 0 Å². The summed E-state index contributed by atoms with van der Waals surface area (Å²) < 4.78 is 17.9. The van der Waals surface area contributed by atoms with Gasteiger partial charge < -0.3 is 10.2 Å². The fraction of sp³-hybridized carbons (Fsp3) is 0.333. The summed E-state index contributed by atoms with van der Waals surface area (Å²) in [5.41, 5.74) is 6.68. The molecule has 1 aliphatic carbocycles. The molecule has 0 radical (unpaired) electrons. The maximum absolute atomic E-state index is 13.1. The van der Waals surface area contributed by atoms with Gasteiger partial charge in [-0.15, -0.1) is 0 Å². The fourth-order valence-electron chi connectivity index (χ4n) is 0.960. The zero-order valence-electron chi connectivity index (χ0n) is 8.25. The first kappa shape index (κ1) is 9.70. The molecule has 2 rings (SSSR count). The molecule has 1 heterocycles. The summed E-state index contributed by atoms with van der Waals surface area (Å²) in [6.45, 7) is 0.